The maximum Gasteiger partial charge on any atom is 0.234 e. The van der Waals surface area contributed by atoms with Crippen molar-refractivity contribution in [2.45, 2.75) is 36.5 Å². The maximum atomic E-state index is 12.4. The second kappa shape index (κ2) is 11.0. The molecule has 0 saturated carbocycles. The van der Waals surface area contributed by atoms with Gasteiger partial charge < -0.3 is 9.88 Å². The highest BCUT2D eigenvalue weighted by atomic mass is 35.5. The zero-order chi connectivity index (χ0) is 22.4. The number of nitrogens with one attached hydrogen (secondary N) is 1. The van der Waals surface area contributed by atoms with Crippen LogP contribution in [0, 0.1) is 13.8 Å². The number of benzene rings is 1. The van der Waals surface area contributed by atoms with Crippen LogP contribution in [-0.4, -0.2) is 36.4 Å². The molecule has 0 atom stereocenters. The second-order valence-corrected chi connectivity index (χ2v) is 9.15. The van der Waals surface area contributed by atoms with Crippen molar-refractivity contribution in [2.75, 3.05) is 11.1 Å². The van der Waals surface area contributed by atoms with E-state index in [-0.39, 0.29) is 11.7 Å². The van der Waals surface area contributed by atoms with Gasteiger partial charge >= 0.3 is 0 Å². The third-order valence-electron chi connectivity index (χ3n) is 3.96. The molecule has 3 rings (SSSR count). The van der Waals surface area contributed by atoms with Gasteiger partial charge in [0.25, 0.3) is 0 Å². The molecule has 0 saturated heterocycles. The first-order chi connectivity index (χ1) is 14.9. The van der Waals surface area contributed by atoms with Gasteiger partial charge in [-0.1, -0.05) is 58.9 Å². The lowest BCUT2D eigenvalue weighted by Crippen LogP contribution is -2.15. The molecule has 0 spiro atoms. The highest BCUT2D eigenvalue weighted by Gasteiger charge is 2.16. The summed E-state index contributed by atoms with van der Waals surface area (Å²) in [6.07, 6.45) is 1.76. The SMILES string of the molecule is C=CCn1c(CSc2nc(C)cc(C)n2)nnc1SCC(=O)Nc1c(Cl)cccc1Cl. The summed E-state index contributed by atoms with van der Waals surface area (Å²) in [5.74, 6) is 1.19. The van der Waals surface area contributed by atoms with Crippen LogP contribution in [0.2, 0.25) is 10.0 Å². The number of rotatable bonds is 9. The van der Waals surface area contributed by atoms with E-state index in [0.29, 0.717) is 38.3 Å². The van der Waals surface area contributed by atoms with Gasteiger partial charge in [-0.3, -0.25) is 4.79 Å². The van der Waals surface area contributed by atoms with Crippen LogP contribution in [0.1, 0.15) is 17.2 Å². The number of halogens is 2. The fraction of sp³-hybridized carbons (Fsp3) is 0.250. The Labute approximate surface area is 199 Å². The van der Waals surface area contributed by atoms with Crippen molar-refractivity contribution in [3.05, 3.63) is 64.2 Å². The highest BCUT2D eigenvalue weighted by Crippen LogP contribution is 2.30. The summed E-state index contributed by atoms with van der Waals surface area (Å²) in [7, 11) is 0. The standard InChI is InChI=1S/C20H20Cl2N6OS2/c1-4-8-28-16(10-30-19-23-12(2)9-13(3)24-19)26-27-20(28)31-11-17(29)25-18-14(21)6-5-7-15(18)22/h4-7,9H,1,8,10-11H2,2-3H3,(H,25,29). The van der Waals surface area contributed by atoms with Crippen LogP contribution in [0.25, 0.3) is 0 Å². The van der Waals surface area contributed by atoms with E-state index in [9.17, 15) is 4.79 Å². The predicted octanol–water partition coefficient (Wildman–Crippen LogP) is 5.20. The van der Waals surface area contributed by atoms with Gasteiger partial charge in [-0.2, -0.15) is 0 Å². The minimum absolute atomic E-state index is 0.129. The van der Waals surface area contributed by atoms with Gasteiger partial charge in [0, 0.05) is 17.9 Å². The monoisotopic (exact) mass is 494 g/mol. The number of amides is 1. The fourth-order valence-electron chi connectivity index (χ4n) is 2.66. The van der Waals surface area contributed by atoms with Crippen molar-refractivity contribution < 1.29 is 4.79 Å². The molecule has 2 aromatic heterocycles. The molecule has 1 N–H and O–H groups in total. The first kappa shape index (κ1) is 23.6. The summed E-state index contributed by atoms with van der Waals surface area (Å²) < 4.78 is 1.92. The Morgan fingerprint density at radius 1 is 1.16 bits per heavy atom. The molecule has 0 fully saturated rings. The van der Waals surface area contributed by atoms with Crippen molar-refractivity contribution in [3.8, 4) is 0 Å². The van der Waals surface area contributed by atoms with E-state index in [2.05, 4.69) is 32.1 Å². The summed E-state index contributed by atoms with van der Waals surface area (Å²) in [5, 5.41) is 13.3. The van der Waals surface area contributed by atoms with E-state index in [0.717, 1.165) is 17.2 Å². The number of anilines is 1. The Kier molecular flexibility index (Phi) is 8.36. The fourth-order valence-corrected chi connectivity index (χ4v) is 4.80. The number of carbonyl (C=O) groups excluding carboxylic acids is 1. The van der Waals surface area contributed by atoms with Gasteiger partial charge in [-0.15, -0.1) is 16.8 Å². The number of para-hydroxylation sites is 1. The number of nitrogens with zero attached hydrogens (tertiary/aromatic N) is 5. The molecule has 3 aromatic rings. The molecule has 0 aliphatic heterocycles. The van der Waals surface area contributed by atoms with Gasteiger partial charge in [0.15, 0.2) is 10.3 Å². The van der Waals surface area contributed by atoms with E-state index in [1.54, 1.807) is 24.3 Å². The first-order valence-electron chi connectivity index (χ1n) is 9.22. The molecule has 0 aliphatic carbocycles. The Morgan fingerprint density at radius 2 is 1.84 bits per heavy atom. The van der Waals surface area contributed by atoms with Gasteiger partial charge in [0.2, 0.25) is 5.91 Å². The number of thioether (sulfide) groups is 2. The molecule has 162 valence electrons. The summed E-state index contributed by atoms with van der Waals surface area (Å²) in [4.78, 5) is 21.3. The predicted molar refractivity (Wildman–Crippen MR) is 127 cm³/mol. The molecule has 0 bridgehead atoms. The Morgan fingerprint density at radius 3 is 2.48 bits per heavy atom. The largest absolute Gasteiger partial charge is 0.323 e. The minimum Gasteiger partial charge on any atom is -0.323 e. The lowest BCUT2D eigenvalue weighted by Gasteiger charge is -2.10. The zero-order valence-electron chi connectivity index (χ0n) is 16.9. The molecule has 11 heteroatoms. The number of aromatic nitrogens is 5. The lowest BCUT2D eigenvalue weighted by atomic mass is 10.3. The van der Waals surface area contributed by atoms with Crippen LogP contribution in [-0.2, 0) is 17.1 Å². The second-order valence-electron chi connectivity index (χ2n) is 6.45. The topological polar surface area (TPSA) is 85.6 Å². The summed E-state index contributed by atoms with van der Waals surface area (Å²) in [5.41, 5.74) is 2.24. The number of allylic oxidation sites excluding steroid dienone is 1. The lowest BCUT2D eigenvalue weighted by molar-refractivity contribution is -0.113. The highest BCUT2D eigenvalue weighted by molar-refractivity contribution is 7.99. The van der Waals surface area contributed by atoms with Crippen LogP contribution >= 0.6 is 46.7 Å². The van der Waals surface area contributed by atoms with Crippen molar-refractivity contribution in [1.82, 2.24) is 24.7 Å². The van der Waals surface area contributed by atoms with E-state index in [4.69, 9.17) is 23.2 Å². The van der Waals surface area contributed by atoms with Gasteiger partial charge in [-0.25, -0.2) is 9.97 Å². The molecule has 2 heterocycles. The van der Waals surface area contributed by atoms with Crippen molar-refractivity contribution in [2.24, 2.45) is 0 Å². The van der Waals surface area contributed by atoms with Gasteiger partial charge in [-0.05, 0) is 32.0 Å². The molecular weight excluding hydrogens is 475 g/mol. The van der Waals surface area contributed by atoms with Crippen molar-refractivity contribution in [1.29, 1.82) is 0 Å². The molecule has 31 heavy (non-hydrogen) atoms. The smallest absolute Gasteiger partial charge is 0.234 e. The Hall–Kier alpha value is -2.07. The minimum atomic E-state index is -0.243. The van der Waals surface area contributed by atoms with Crippen LogP contribution in [0.4, 0.5) is 5.69 Å². The average Bonchev–Trinajstić information content (AvgIpc) is 3.09. The molecule has 0 unspecified atom stereocenters. The van der Waals surface area contributed by atoms with Crippen LogP contribution in [0.5, 0.6) is 0 Å². The van der Waals surface area contributed by atoms with Gasteiger partial charge in [0.05, 0.1) is 27.2 Å². The van der Waals surface area contributed by atoms with Crippen LogP contribution in [0.3, 0.4) is 0 Å². The third kappa shape index (κ3) is 6.46. The third-order valence-corrected chi connectivity index (χ3v) is 6.40. The maximum absolute atomic E-state index is 12.4. The summed E-state index contributed by atoms with van der Waals surface area (Å²) >= 11 is 15.0. The molecule has 1 amide bonds. The summed E-state index contributed by atoms with van der Waals surface area (Å²) in [6, 6.07) is 6.98. The number of aryl methyl sites for hydroxylation is 2. The van der Waals surface area contributed by atoms with Crippen molar-refractivity contribution in [3.63, 3.8) is 0 Å². The van der Waals surface area contributed by atoms with E-state index < -0.39 is 0 Å². The quantitative estimate of drug-likeness (QED) is 0.248. The van der Waals surface area contributed by atoms with E-state index in [1.807, 2.05) is 24.5 Å². The number of carbonyl (C=O) groups is 1. The van der Waals surface area contributed by atoms with E-state index >= 15 is 0 Å². The summed E-state index contributed by atoms with van der Waals surface area (Å²) in [6.45, 7) is 8.21. The average molecular weight is 495 g/mol. The Bertz CT molecular complexity index is 1060. The number of hydrogen-bond acceptors (Lipinski definition) is 7. The first-order valence-corrected chi connectivity index (χ1v) is 11.9. The van der Waals surface area contributed by atoms with Crippen LogP contribution in [0.15, 0.2) is 47.2 Å². The molecule has 7 nitrogen and oxygen atoms in total. The zero-order valence-corrected chi connectivity index (χ0v) is 20.1. The molecule has 0 aliphatic rings. The molecule has 0 radical (unpaired) electrons. The van der Waals surface area contributed by atoms with Crippen molar-refractivity contribution >= 4 is 58.3 Å². The Balaban J connectivity index is 1.65. The molecule has 1 aromatic carbocycles. The molecular formula is C20H20Cl2N6OS2. The normalized spacial score (nSPS) is 10.8. The number of hydrogen-bond donors (Lipinski definition) is 1. The van der Waals surface area contributed by atoms with E-state index in [1.165, 1.54) is 23.5 Å². The van der Waals surface area contributed by atoms with Gasteiger partial charge in [0.1, 0.15) is 5.82 Å². The van der Waals surface area contributed by atoms with Crippen LogP contribution < -0.4 is 5.32 Å².